The van der Waals surface area contributed by atoms with E-state index in [0.717, 1.165) is 6.42 Å². The minimum absolute atomic E-state index is 0.254. The van der Waals surface area contributed by atoms with Crippen molar-refractivity contribution in [2.24, 2.45) is 0 Å². The minimum atomic E-state index is -0.441. The Balaban J connectivity index is 2.21. The van der Waals surface area contributed by atoms with Crippen LogP contribution in [0.2, 0.25) is 0 Å². The maximum Gasteiger partial charge on any atom is 0.172 e. The Morgan fingerprint density at radius 2 is 2.29 bits per heavy atom. The van der Waals surface area contributed by atoms with Crippen molar-refractivity contribution in [1.82, 2.24) is 0 Å². The third kappa shape index (κ3) is 3.75. The molecule has 0 amide bonds. The molecule has 0 unspecified atom stereocenters. The number of hydrogen-bond acceptors (Lipinski definition) is 2. The Kier molecular flexibility index (Phi) is 5.00. The van der Waals surface area contributed by atoms with Gasteiger partial charge in [-0.1, -0.05) is 12.1 Å². The second-order valence-corrected chi connectivity index (χ2v) is 2.75. The van der Waals surface area contributed by atoms with Crippen molar-refractivity contribution in [3.05, 3.63) is 30.1 Å². The molecule has 1 aromatic carbocycles. The van der Waals surface area contributed by atoms with Crippen LogP contribution in [0.15, 0.2) is 18.2 Å². The van der Waals surface area contributed by atoms with Gasteiger partial charge in [-0.3, -0.25) is 0 Å². The first-order valence-electron chi connectivity index (χ1n) is 4.71. The topological polar surface area (TPSA) is 18.5 Å². The van der Waals surface area contributed by atoms with Gasteiger partial charge in [0.15, 0.2) is 11.6 Å². The summed E-state index contributed by atoms with van der Waals surface area (Å²) in [7, 11) is 0. The Labute approximate surface area is 83.6 Å². The van der Waals surface area contributed by atoms with E-state index < -0.39 is 5.82 Å². The number of ether oxygens (including phenoxy) is 2. The van der Waals surface area contributed by atoms with Gasteiger partial charge in [-0.15, -0.1) is 0 Å². The highest BCUT2D eigenvalue weighted by molar-refractivity contribution is 5.22. The quantitative estimate of drug-likeness (QED) is 0.652. The van der Waals surface area contributed by atoms with Gasteiger partial charge in [-0.05, 0) is 13.0 Å². The van der Waals surface area contributed by atoms with Crippen molar-refractivity contribution in [2.45, 2.75) is 13.3 Å². The van der Waals surface area contributed by atoms with E-state index in [1.165, 1.54) is 6.07 Å². The summed E-state index contributed by atoms with van der Waals surface area (Å²) in [5.41, 5.74) is 0. The van der Waals surface area contributed by atoms with Crippen molar-refractivity contribution < 1.29 is 13.9 Å². The molecule has 1 aromatic rings. The first-order chi connectivity index (χ1) is 6.84. The summed E-state index contributed by atoms with van der Waals surface area (Å²) in [6.45, 7) is 3.75. The number of benzene rings is 1. The molecule has 0 aromatic heterocycles. The molecule has 0 fully saturated rings. The van der Waals surface area contributed by atoms with Crippen LogP contribution in [0.25, 0.3) is 0 Å². The first-order valence-corrected chi connectivity index (χ1v) is 4.71. The largest absolute Gasteiger partial charge is 0.490 e. The van der Waals surface area contributed by atoms with Gasteiger partial charge in [0.25, 0.3) is 0 Å². The Morgan fingerprint density at radius 1 is 1.43 bits per heavy atom. The van der Waals surface area contributed by atoms with Crippen LogP contribution < -0.4 is 4.74 Å². The molecule has 0 aliphatic rings. The smallest absolute Gasteiger partial charge is 0.172 e. The van der Waals surface area contributed by atoms with E-state index in [1.54, 1.807) is 12.1 Å². The molecule has 0 heterocycles. The third-order valence-electron chi connectivity index (χ3n) is 1.66. The SMILES string of the molecule is CCOCCCOc1ccc[c]c1F. The highest BCUT2D eigenvalue weighted by Crippen LogP contribution is 2.14. The normalized spacial score (nSPS) is 10.1. The summed E-state index contributed by atoms with van der Waals surface area (Å²) in [6.07, 6.45) is 0.766. The highest BCUT2D eigenvalue weighted by Gasteiger charge is 2.00. The maximum atomic E-state index is 13.0. The molecule has 1 rings (SSSR count). The second-order valence-electron chi connectivity index (χ2n) is 2.75. The monoisotopic (exact) mass is 197 g/mol. The molecule has 0 N–H and O–H groups in total. The summed E-state index contributed by atoms with van der Waals surface area (Å²) in [5, 5.41) is 0. The Morgan fingerprint density at radius 3 is 3.00 bits per heavy atom. The lowest BCUT2D eigenvalue weighted by atomic mass is 10.3. The minimum Gasteiger partial charge on any atom is -0.490 e. The maximum absolute atomic E-state index is 13.0. The van der Waals surface area contributed by atoms with Crippen molar-refractivity contribution in [1.29, 1.82) is 0 Å². The molecule has 0 saturated heterocycles. The number of hydrogen-bond donors (Lipinski definition) is 0. The summed E-state index contributed by atoms with van der Waals surface area (Å²) in [4.78, 5) is 0. The lowest BCUT2D eigenvalue weighted by Crippen LogP contribution is -2.03. The molecule has 0 aliphatic heterocycles. The molecule has 0 bridgehead atoms. The third-order valence-corrected chi connectivity index (χ3v) is 1.66. The van der Waals surface area contributed by atoms with E-state index in [-0.39, 0.29) is 5.75 Å². The van der Waals surface area contributed by atoms with Gasteiger partial charge in [0.1, 0.15) is 0 Å². The standard InChI is InChI=1S/C11H14FO2/c1-2-13-8-5-9-14-11-7-4-3-6-10(11)12/h3-4,7H,2,5,8-9H2,1H3. The lowest BCUT2D eigenvalue weighted by molar-refractivity contribution is 0.130. The molecular formula is C11H14FO2. The molecule has 0 saturated carbocycles. The molecule has 2 nitrogen and oxygen atoms in total. The fourth-order valence-corrected chi connectivity index (χ4v) is 1.00. The zero-order valence-corrected chi connectivity index (χ0v) is 8.25. The predicted octanol–water partition coefficient (Wildman–Crippen LogP) is 2.43. The van der Waals surface area contributed by atoms with E-state index in [1.807, 2.05) is 6.92 Å². The molecule has 0 aliphatic carbocycles. The van der Waals surface area contributed by atoms with Crippen LogP contribution in [0.1, 0.15) is 13.3 Å². The first kappa shape index (κ1) is 11.0. The average molecular weight is 197 g/mol. The van der Waals surface area contributed by atoms with Gasteiger partial charge in [-0.2, -0.15) is 0 Å². The van der Waals surface area contributed by atoms with Crippen LogP contribution in [-0.2, 0) is 4.74 Å². The summed E-state index contributed by atoms with van der Waals surface area (Å²) < 4.78 is 23.3. The van der Waals surface area contributed by atoms with Crippen LogP contribution in [0.4, 0.5) is 4.39 Å². The molecule has 1 radical (unpaired) electrons. The Hall–Kier alpha value is -1.09. The Bertz CT molecular complexity index is 263. The number of rotatable bonds is 6. The van der Waals surface area contributed by atoms with Crippen molar-refractivity contribution in [3.63, 3.8) is 0 Å². The van der Waals surface area contributed by atoms with E-state index in [9.17, 15) is 4.39 Å². The summed E-state index contributed by atoms with van der Waals surface area (Å²) >= 11 is 0. The molecular weight excluding hydrogens is 183 g/mol. The van der Waals surface area contributed by atoms with Gasteiger partial charge in [0.05, 0.1) is 6.61 Å². The van der Waals surface area contributed by atoms with E-state index in [2.05, 4.69) is 6.07 Å². The van der Waals surface area contributed by atoms with Crippen LogP contribution in [0.3, 0.4) is 0 Å². The van der Waals surface area contributed by atoms with Gasteiger partial charge < -0.3 is 9.47 Å². The van der Waals surface area contributed by atoms with E-state index in [4.69, 9.17) is 9.47 Å². The molecule has 3 heteroatoms. The fourth-order valence-electron chi connectivity index (χ4n) is 1.00. The zero-order chi connectivity index (χ0) is 10.2. The molecule has 0 spiro atoms. The number of halogens is 1. The van der Waals surface area contributed by atoms with Gasteiger partial charge in [-0.25, -0.2) is 4.39 Å². The molecule has 77 valence electrons. The van der Waals surface area contributed by atoms with E-state index in [0.29, 0.717) is 19.8 Å². The second kappa shape index (κ2) is 6.38. The predicted molar refractivity (Wildman–Crippen MR) is 51.8 cm³/mol. The van der Waals surface area contributed by atoms with Gasteiger partial charge in [0, 0.05) is 25.7 Å². The highest BCUT2D eigenvalue weighted by atomic mass is 19.1. The van der Waals surface area contributed by atoms with Crippen molar-refractivity contribution >= 4 is 0 Å². The van der Waals surface area contributed by atoms with Crippen LogP contribution in [0.5, 0.6) is 5.75 Å². The van der Waals surface area contributed by atoms with Crippen LogP contribution in [-0.4, -0.2) is 19.8 Å². The van der Waals surface area contributed by atoms with Crippen LogP contribution in [0, 0.1) is 11.9 Å². The van der Waals surface area contributed by atoms with Gasteiger partial charge >= 0.3 is 0 Å². The fraction of sp³-hybridized carbons (Fsp3) is 0.455. The molecule has 14 heavy (non-hydrogen) atoms. The lowest BCUT2D eigenvalue weighted by Gasteiger charge is -2.06. The van der Waals surface area contributed by atoms with Crippen LogP contribution >= 0.6 is 0 Å². The summed E-state index contributed by atoms with van der Waals surface area (Å²) in [6, 6.07) is 7.23. The molecule has 0 atom stereocenters. The van der Waals surface area contributed by atoms with Crippen molar-refractivity contribution in [3.8, 4) is 5.75 Å². The van der Waals surface area contributed by atoms with Gasteiger partial charge in [0.2, 0.25) is 0 Å². The average Bonchev–Trinajstić information content (AvgIpc) is 2.20. The van der Waals surface area contributed by atoms with Crippen molar-refractivity contribution in [2.75, 3.05) is 19.8 Å². The zero-order valence-electron chi connectivity index (χ0n) is 8.25. The summed E-state index contributed by atoms with van der Waals surface area (Å²) in [5.74, 6) is -0.187. The van der Waals surface area contributed by atoms with E-state index >= 15 is 0 Å².